The maximum Gasteiger partial charge on any atom is 0.219 e. The molecule has 1 aromatic carbocycles. The Bertz CT molecular complexity index is 635. The minimum absolute atomic E-state index is 0.291. The van der Waals surface area contributed by atoms with Gasteiger partial charge < -0.3 is 11.1 Å². The number of carbonyl (C=O) groups excluding carboxylic acids is 1. The maximum atomic E-state index is 11.0. The number of aromatic nitrogens is 1. The fraction of sp³-hybridized carbons (Fsp3) is 0.375. The largest absolute Gasteiger partial charge is 0.370 e. The van der Waals surface area contributed by atoms with Crippen LogP contribution in [0.15, 0.2) is 30.3 Å². The van der Waals surface area contributed by atoms with Crippen molar-refractivity contribution in [1.82, 2.24) is 10.3 Å². The lowest BCUT2D eigenvalue weighted by Crippen LogP contribution is -2.42. The Hall–Kier alpha value is -1.94. The van der Waals surface area contributed by atoms with Gasteiger partial charge in [-0.25, -0.2) is 0 Å². The van der Waals surface area contributed by atoms with Gasteiger partial charge in [0.2, 0.25) is 5.91 Å². The second kappa shape index (κ2) is 5.59. The fourth-order valence-electron chi connectivity index (χ4n) is 2.23. The van der Waals surface area contributed by atoms with Crippen LogP contribution in [0.3, 0.4) is 0 Å². The van der Waals surface area contributed by atoms with E-state index in [1.54, 1.807) is 0 Å². The van der Waals surface area contributed by atoms with E-state index in [9.17, 15) is 4.79 Å². The zero-order valence-electron chi connectivity index (χ0n) is 12.2. The van der Waals surface area contributed by atoms with Crippen molar-refractivity contribution in [1.29, 1.82) is 0 Å². The van der Waals surface area contributed by atoms with Crippen LogP contribution >= 0.6 is 0 Å². The number of rotatable bonds is 5. The van der Waals surface area contributed by atoms with E-state index in [-0.39, 0.29) is 11.4 Å². The average Bonchev–Trinajstić information content (AvgIpc) is 2.35. The number of primary amides is 1. The van der Waals surface area contributed by atoms with Gasteiger partial charge in [0.1, 0.15) is 0 Å². The molecule has 0 atom stereocenters. The Morgan fingerprint density at radius 1 is 1.30 bits per heavy atom. The van der Waals surface area contributed by atoms with Crippen LogP contribution < -0.4 is 11.1 Å². The summed E-state index contributed by atoms with van der Waals surface area (Å²) in [5, 5.41) is 4.49. The zero-order chi connectivity index (χ0) is 14.8. The highest BCUT2D eigenvalue weighted by Gasteiger charge is 2.19. The summed E-state index contributed by atoms with van der Waals surface area (Å²) in [6.07, 6.45) is 0.321. The number of hydrogen-bond donors (Lipinski definition) is 2. The molecule has 1 aromatic heterocycles. The highest BCUT2D eigenvalue weighted by Crippen LogP contribution is 2.16. The first-order valence-electron chi connectivity index (χ1n) is 6.75. The van der Waals surface area contributed by atoms with Gasteiger partial charge in [-0.2, -0.15) is 0 Å². The highest BCUT2D eigenvalue weighted by molar-refractivity contribution is 5.79. The Kier molecular flexibility index (Phi) is 4.04. The molecule has 1 heterocycles. The smallest absolute Gasteiger partial charge is 0.219 e. The van der Waals surface area contributed by atoms with Crippen molar-refractivity contribution in [3.05, 3.63) is 41.6 Å². The van der Waals surface area contributed by atoms with Crippen LogP contribution in [0.1, 0.15) is 31.5 Å². The van der Waals surface area contributed by atoms with Gasteiger partial charge in [-0.05, 0) is 44.5 Å². The number of carbonyl (C=O) groups is 1. The molecule has 0 aliphatic carbocycles. The molecule has 0 bridgehead atoms. The molecule has 2 aromatic rings. The van der Waals surface area contributed by atoms with E-state index in [0.717, 1.165) is 16.6 Å². The monoisotopic (exact) mass is 271 g/mol. The van der Waals surface area contributed by atoms with Crippen LogP contribution in [0, 0.1) is 6.92 Å². The topological polar surface area (TPSA) is 68.0 Å². The van der Waals surface area contributed by atoms with Crippen LogP contribution in [0.25, 0.3) is 10.9 Å². The minimum Gasteiger partial charge on any atom is -0.370 e. The van der Waals surface area contributed by atoms with E-state index in [2.05, 4.69) is 28.5 Å². The van der Waals surface area contributed by atoms with Crippen LogP contribution in [0.5, 0.6) is 0 Å². The molecule has 106 valence electrons. The lowest BCUT2D eigenvalue weighted by molar-refractivity contribution is -0.119. The van der Waals surface area contributed by atoms with E-state index >= 15 is 0 Å². The van der Waals surface area contributed by atoms with Crippen LogP contribution in [0.4, 0.5) is 0 Å². The summed E-state index contributed by atoms with van der Waals surface area (Å²) in [4.78, 5) is 15.5. The van der Waals surface area contributed by atoms with Gasteiger partial charge >= 0.3 is 0 Å². The van der Waals surface area contributed by atoms with Crippen molar-refractivity contribution in [3.63, 3.8) is 0 Å². The molecule has 4 heteroatoms. The molecule has 2 rings (SSSR count). The molecule has 0 unspecified atom stereocenters. The van der Waals surface area contributed by atoms with E-state index < -0.39 is 0 Å². The number of benzene rings is 1. The quantitative estimate of drug-likeness (QED) is 0.876. The van der Waals surface area contributed by atoms with Crippen LogP contribution in [-0.2, 0) is 11.3 Å². The molecule has 0 spiro atoms. The van der Waals surface area contributed by atoms with Crippen LogP contribution in [0.2, 0.25) is 0 Å². The second-order valence-corrected chi connectivity index (χ2v) is 5.86. The lowest BCUT2D eigenvalue weighted by Gasteiger charge is -2.25. The number of nitrogens with zero attached hydrogens (tertiary/aromatic N) is 1. The van der Waals surface area contributed by atoms with Crippen molar-refractivity contribution < 1.29 is 4.79 Å². The number of fused-ring (bicyclic) bond motifs is 1. The number of hydrogen-bond acceptors (Lipinski definition) is 3. The Morgan fingerprint density at radius 3 is 2.75 bits per heavy atom. The van der Waals surface area contributed by atoms with Crippen molar-refractivity contribution in [2.45, 2.75) is 39.3 Å². The van der Waals surface area contributed by atoms with Gasteiger partial charge in [-0.3, -0.25) is 9.78 Å². The summed E-state index contributed by atoms with van der Waals surface area (Å²) < 4.78 is 0. The summed E-state index contributed by atoms with van der Waals surface area (Å²) in [7, 11) is 0. The Morgan fingerprint density at radius 2 is 2.05 bits per heavy atom. The molecule has 0 aliphatic rings. The van der Waals surface area contributed by atoms with E-state index in [1.165, 1.54) is 5.56 Å². The molecule has 0 saturated carbocycles. The number of nitrogens with two attached hydrogens (primary N) is 1. The number of amides is 1. The minimum atomic E-state index is -0.299. The second-order valence-electron chi connectivity index (χ2n) is 5.86. The molecule has 4 nitrogen and oxygen atoms in total. The predicted octanol–water partition coefficient (Wildman–Crippen LogP) is 2.29. The number of pyridine rings is 1. The fourth-order valence-corrected chi connectivity index (χ4v) is 2.23. The van der Waals surface area contributed by atoms with Crippen molar-refractivity contribution >= 4 is 16.8 Å². The highest BCUT2D eigenvalue weighted by atomic mass is 16.1. The molecule has 3 N–H and O–H groups in total. The summed E-state index contributed by atoms with van der Waals surface area (Å²) in [6, 6.07) is 10.3. The van der Waals surface area contributed by atoms with E-state index in [0.29, 0.717) is 13.0 Å². The van der Waals surface area contributed by atoms with Crippen molar-refractivity contribution in [2.75, 3.05) is 0 Å². The predicted molar refractivity (Wildman–Crippen MR) is 81.2 cm³/mol. The Labute approximate surface area is 119 Å². The van der Waals surface area contributed by atoms with Gasteiger partial charge in [-0.15, -0.1) is 0 Å². The van der Waals surface area contributed by atoms with Gasteiger partial charge in [0.15, 0.2) is 0 Å². The average molecular weight is 271 g/mol. The standard InChI is InChI=1S/C16H21N3O/c1-11-4-6-13-8-12(5-7-14(13)19-11)10-18-16(2,3)9-15(17)20/h4-8,18H,9-10H2,1-3H3,(H2,17,20). The van der Waals surface area contributed by atoms with Crippen LogP contribution in [-0.4, -0.2) is 16.4 Å². The van der Waals surface area contributed by atoms with Crippen molar-refractivity contribution in [3.8, 4) is 0 Å². The molecule has 20 heavy (non-hydrogen) atoms. The third kappa shape index (κ3) is 3.78. The molecular weight excluding hydrogens is 250 g/mol. The number of nitrogens with one attached hydrogen (secondary N) is 1. The van der Waals surface area contributed by atoms with Crippen molar-refractivity contribution in [2.24, 2.45) is 5.73 Å². The van der Waals surface area contributed by atoms with E-state index in [4.69, 9.17) is 5.73 Å². The normalized spacial score (nSPS) is 11.8. The zero-order valence-corrected chi connectivity index (χ0v) is 12.2. The first-order valence-corrected chi connectivity index (χ1v) is 6.75. The summed E-state index contributed by atoms with van der Waals surface area (Å²) in [5.74, 6) is -0.291. The first kappa shape index (κ1) is 14.5. The van der Waals surface area contributed by atoms with Gasteiger partial charge in [0, 0.05) is 29.6 Å². The third-order valence-electron chi connectivity index (χ3n) is 3.28. The summed E-state index contributed by atoms with van der Waals surface area (Å²) >= 11 is 0. The summed E-state index contributed by atoms with van der Waals surface area (Å²) in [6.45, 7) is 6.64. The third-order valence-corrected chi connectivity index (χ3v) is 3.28. The molecule has 0 radical (unpaired) electrons. The molecule has 0 fully saturated rings. The maximum absolute atomic E-state index is 11.0. The van der Waals surface area contributed by atoms with Gasteiger partial charge in [-0.1, -0.05) is 12.1 Å². The van der Waals surface area contributed by atoms with Gasteiger partial charge in [0.05, 0.1) is 5.52 Å². The molecular formula is C16H21N3O. The first-order chi connectivity index (χ1) is 9.35. The Balaban J connectivity index is 2.10. The molecule has 0 aliphatic heterocycles. The molecule has 1 amide bonds. The SMILES string of the molecule is Cc1ccc2cc(CNC(C)(C)CC(N)=O)ccc2n1. The van der Waals surface area contributed by atoms with E-state index in [1.807, 2.05) is 32.9 Å². The number of aryl methyl sites for hydroxylation is 1. The summed E-state index contributed by atoms with van der Waals surface area (Å²) in [5.41, 5.74) is 8.14. The van der Waals surface area contributed by atoms with Gasteiger partial charge in [0.25, 0.3) is 0 Å². The molecule has 0 saturated heterocycles. The lowest BCUT2D eigenvalue weighted by atomic mass is 9.99.